The van der Waals surface area contributed by atoms with Gasteiger partial charge in [-0.1, -0.05) is 42.5 Å². The Kier molecular flexibility index (Phi) is 5.26. The molecule has 0 aliphatic heterocycles. The van der Waals surface area contributed by atoms with Gasteiger partial charge in [0.25, 0.3) is 0 Å². The van der Waals surface area contributed by atoms with Gasteiger partial charge in [0.2, 0.25) is 10.0 Å². The highest BCUT2D eigenvalue weighted by molar-refractivity contribution is 7.89. The smallest absolute Gasteiger partial charge is 0.322 e. The van der Waals surface area contributed by atoms with Crippen LogP contribution in [0.25, 0.3) is 0 Å². The van der Waals surface area contributed by atoms with E-state index in [1.807, 2.05) is 6.07 Å². The van der Waals surface area contributed by atoms with Crippen LogP contribution in [0.5, 0.6) is 0 Å². The van der Waals surface area contributed by atoms with Gasteiger partial charge in [0.15, 0.2) is 0 Å². The summed E-state index contributed by atoms with van der Waals surface area (Å²) < 4.78 is 25.6. The molecule has 104 valence electrons. The molecule has 19 heavy (non-hydrogen) atoms. The van der Waals surface area contributed by atoms with E-state index < -0.39 is 22.0 Å². The largest absolute Gasteiger partial charge is 0.480 e. The molecule has 0 aliphatic carbocycles. The highest BCUT2D eigenvalue weighted by Gasteiger charge is 2.24. The van der Waals surface area contributed by atoms with Crippen LogP contribution in [0.2, 0.25) is 0 Å². The summed E-state index contributed by atoms with van der Waals surface area (Å²) >= 11 is 0. The van der Waals surface area contributed by atoms with Gasteiger partial charge in [-0.3, -0.25) is 4.79 Å². The molecule has 6 heteroatoms. The van der Waals surface area contributed by atoms with Gasteiger partial charge in [0.05, 0.1) is 5.75 Å². The molecule has 0 spiro atoms. The Labute approximate surface area is 113 Å². The van der Waals surface area contributed by atoms with E-state index >= 15 is 0 Å². The Morgan fingerprint density at radius 3 is 2.42 bits per heavy atom. The summed E-state index contributed by atoms with van der Waals surface area (Å²) in [5.41, 5.74) is 1.21. The van der Waals surface area contributed by atoms with Crippen LogP contribution >= 0.6 is 0 Å². The lowest BCUT2D eigenvalue weighted by Gasteiger charge is -2.14. The first-order valence-electron chi connectivity index (χ1n) is 5.71. The fourth-order valence-corrected chi connectivity index (χ4v) is 2.96. The van der Waals surface area contributed by atoms with Crippen LogP contribution < -0.4 is 4.72 Å². The lowest BCUT2D eigenvalue weighted by Crippen LogP contribution is -2.43. The molecule has 0 aromatic heterocycles. The van der Waals surface area contributed by atoms with Crippen molar-refractivity contribution in [2.45, 2.75) is 19.4 Å². The molecule has 1 rings (SSSR count). The predicted molar refractivity (Wildman–Crippen MR) is 73.3 cm³/mol. The third-order valence-corrected chi connectivity index (χ3v) is 3.86. The number of carboxylic acid groups (broad SMARTS) is 1. The Balaban J connectivity index is 2.80. The van der Waals surface area contributed by atoms with Gasteiger partial charge in [-0.25, -0.2) is 13.1 Å². The molecule has 0 fully saturated rings. The number of carbonyl (C=O) groups is 1. The van der Waals surface area contributed by atoms with Crippen molar-refractivity contribution in [3.8, 4) is 0 Å². The van der Waals surface area contributed by atoms with Crippen molar-refractivity contribution < 1.29 is 18.3 Å². The van der Waals surface area contributed by atoms with E-state index in [0.29, 0.717) is 5.57 Å². The summed E-state index contributed by atoms with van der Waals surface area (Å²) in [7, 11) is -3.68. The highest BCUT2D eigenvalue weighted by atomic mass is 32.2. The minimum absolute atomic E-state index is 0.103. The summed E-state index contributed by atoms with van der Waals surface area (Å²) in [6, 6.07) is 7.69. The Morgan fingerprint density at radius 2 is 1.95 bits per heavy atom. The molecule has 0 amide bonds. The molecule has 0 unspecified atom stereocenters. The molecule has 0 saturated carbocycles. The quantitative estimate of drug-likeness (QED) is 0.736. The van der Waals surface area contributed by atoms with E-state index in [9.17, 15) is 13.2 Å². The first kappa shape index (κ1) is 15.4. The Hall–Kier alpha value is -1.66. The lowest BCUT2D eigenvalue weighted by molar-refractivity contribution is -0.138. The van der Waals surface area contributed by atoms with E-state index in [2.05, 4.69) is 11.3 Å². The second kappa shape index (κ2) is 6.49. The molecule has 1 aromatic carbocycles. The summed E-state index contributed by atoms with van der Waals surface area (Å²) in [6.45, 7) is 5.09. The second-order valence-corrected chi connectivity index (χ2v) is 6.17. The van der Waals surface area contributed by atoms with Crippen LogP contribution in [0.3, 0.4) is 0 Å². The molecule has 1 aromatic rings. The molecule has 0 aliphatic rings. The zero-order valence-electron chi connectivity index (χ0n) is 10.7. The minimum Gasteiger partial charge on any atom is -0.480 e. The maximum Gasteiger partial charge on any atom is 0.322 e. The lowest BCUT2D eigenvalue weighted by atomic mass is 10.1. The third-order valence-electron chi connectivity index (χ3n) is 2.34. The molecular weight excluding hydrogens is 266 g/mol. The maximum absolute atomic E-state index is 11.7. The Bertz CT molecular complexity index is 551. The van der Waals surface area contributed by atoms with Gasteiger partial charge >= 0.3 is 5.97 Å². The molecule has 0 radical (unpaired) electrons. The molecule has 0 heterocycles. The van der Waals surface area contributed by atoms with Crippen molar-refractivity contribution in [2.75, 3.05) is 5.75 Å². The summed E-state index contributed by atoms with van der Waals surface area (Å²) in [6.07, 6.45) is 0.103. The number of hydrogen-bond donors (Lipinski definition) is 2. The average molecular weight is 283 g/mol. The number of nitrogens with one attached hydrogen (secondary N) is 1. The van der Waals surface area contributed by atoms with E-state index in [1.54, 1.807) is 31.2 Å². The van der Waals surface area contributed by atoms with Crippen molar-refractivity contribution >= 4 is 16.0 Å². The van der Waals surface area contributed by atoms with E-state index in [0.717, 1.165) is 5.56 Å². The van der Waals surface area contributed by atoms with Crippen molar-refractivity contribution in [3.05, 3.63) is 48.0 Å². The first-order valence-corrected chi connectivity index (χ1v) is 7.36. The number of benzene rings is 1. The topological polar surface area (TPSA) is 83.5 Å². The van der Waals surface area contributed by atoms with Gasteiger partial charge in [0, 0.05) is 0 Å². The van der Waals surface area contributed by atoms with Crippen LogP contribution in [0, 0.1) is 0 Å². The first-order chi connectivity index (χ1) is 8.80. The fraction of sp³-hybridized carbons (Fsp3) is 0.308. The monoisotopic (exact) mass is 283 g/mol. The van der Waals surface area contributed by atoms with Crippen LogP contribution in [-0.4, -0.2) is 31.3 Å². The van der Waals surface area contributed by atoms with Gasteiger partial charge in [-0.2, -0.15) is 0 Å². The third kappa shape index (κ3) is 5.67. The van der Waals surface area contributed by atoms with Crippen molar-refractivity contribution in [2.24, 2.45) is 0 Å². The fourth-order valence-electron chi connectivity index (χ4n) is 1.61. The number of hydrogen-bond acceptors (Lipinski definition) is 3. The standard InChI is InChI=1S/C13H17NO4S/c1-10(2)9-19(17,18)14-12(13(15)16)8-11-6-4-3-5-7-11/h3-7,12,14H,1,8-9H2,2H3,(H,15,16)/t12-/m0/s1. The van der Waals surface area contributed by atoms with Crippen molar-refractivity contribution in [1.29, 1.82) is 0 Å². The zero-order valence-corrected chi connectivity index (χ0v) is 11.5. The maximum atomic E-state index is 11.7. The van der Waals surface area contributed by atoms with Gasteiger partial charge in [-0.05, 0) is 18.9 Å². The summed E-state index contributed by atoms with van der Waals surface area (Å²) in [5, 5.41) is 9.08. The van der Waals surface area contributed by atoms with E-state index in [-0.39, 0.29) is 12.2 Å². The van der Waals surface area contributed by atoms with Gasteiger partial charge in [0.1, 0.15) is 6.04 Å². The van der Waals surface area contributed by atoms with Crippen molar-refractivity contribution in [1.82, 2.24) is 4.72 Å². The summed E-state index contributed by atoms with van der Waals surface area (Å²) in [5.74, 6) is -1.47. The number of carboxylic acids is 1. The van der Waals surface area contributed by atoms with Crippen LogP contribution in [0.4, 0.5) is 0 Å². The number of sulfonamides is 1. The average Bonchev–Trinajstić information content (AvgIpc) is 2.27. The number of rotatable bonds is 7. The molecule has 2 N–H and O–H groups in total. The van der Waals surface area contributed by atoms with Gasteiger partial charge < -0.3 is 5.11 Å². The SMILES string of the molecule is C=C(C)CS(=O)(=O)N[C@@H](Cc1ccccc1)C(=O)O. The summed E-state index contributed by atoms with van der Waals surface area (Å²) in [4.78, 5) is 11.1. The molecule has 0 bridgehead atoms. The highest BCUT2D eigenvalue weighted by Crippen LogP contribution is 2.05. The molecule has 0 saturated heterocycles. The molecule has 5 nitrogen and oxygen atoms in total. The zero-order chi connectivity index (χ0) is 14.5. The predicted octanol–water partition coefficient (Wildman–Crippen LogP) is 1.18. The second-order valence-electron chi connectivity index (χ2n) is 4.41. The minimum atomic E-state index is -3.68. The van der Waals surface area contributed by atoms with E-state index in [4.69, 9.17) is 5.11 Å². The molecular formula is C13H17NO4S. The van der Waals surface area contributed by atoms with Crippen LogP contribution in [-0.2, 0) is 21.2 Å². The normalized spacial score (nSPS) is 12.9. The Morgan fingerprint density at radius 1 is 1.37 bits per heavy atom. The van der Waals surface area contributed by atoms with Crippen LogP contribution in [0.15, 0.2) is 42.5 Å². The molecule has 1 atom stereocenters. The van der Waals surface area contributed by atoms with Crippen molar-refractivity contribution in [3.63, 3.8) is 0 Å². The van der Waals surface area contributed by atoms with E-state index in [1.165, 1.54) is 0 Å². The number of aliphatic carboxylic acids is 1. The van der Waals surface area contributed by atoms with Gasteiger partial charge in [-0.15, -0.1) is 0 Å². The van der Waals surface area contributed by atoms with Crippen LogP contribution in [0.1, 0.15) is 12.5 Å².